The molecule has 0 amide bonds. The van der Waals surface area contributed by atoms with Crippen LogP contribution in [0.15, 0.2) is 24.3 Å². The molecule has 2 heterocycles. The van der Waals surface area contributed by atoms with Crippen LogP contribution >= 0.6 is 11.6 Å². The summed E-state index contributed by atoms with van der Waals surface area (Å²) >= 11 is 6.05. The topological polar surface area (TPSA) is 22.1 Å². The maximum absolute atomic E-state index is 6.05. The van der Waals surface area contributed by atoms with Crippen LogP contribution in [0.25, 0.3) is 10.9 Å². The van der Waals surface area contributed by atoms with Crippen molar-refractivity contribution in [3.05, 3.63) is 40.5 Å². The maximum atomic E-state index is 6.05. The minimum atomic E-state index is 0.587. The molecule has 18 heavy (non-hydrogen) atoms. The third-order valence-corrected chi connectivity index (χ3v) is 3.83. The zero-order chi connectivity index (χ0) is 12.5. The SMILES string of the molecule is Cc1cc(C2CCOCC2)c2ccc(Cl)cc2n1. The minimum absolute atomic E-state index is 0.587. The summed E-state index contributed by atoms with van der Waals surface area (Å²) in [5.41, 5.74) is 3.47. The molecule has 1 aliphatic heterocycles. The van der Waals surface area contributed by atoms with E-state index in [-0.39, 0.29) is 0 Å². The molecule has 1 aliphatic rings. The van der Waals surface area contributed by atoms with Gasteiger partial charge in [0.05, 0.1) is 5.52 Å². The summed E-state index contributed by atoms with van der Waals surface area (Å²) < 4.78 is 5.45. The van der Waals surface area contributed by atoms with E-state index in [1.54, 1.807) is 0 Å². The number of aryl methyl sites for hydroxylation is 1. The number of ether oxygens (including phenoxy) is 1. The van der Waals surface area contributed by atoms with Crippen molar-refractivity contribution in [1.82, 2.24) is 4.98 Å². The number of fused-ring (bicyclic) bond motifs is 1. The molecule has 1 aromatic carbocycles. The number of pyridine rings is 1. The van der Waals surface area contributed by atoms with E-state index >= 15 is 0 Å². The van der Waals surface area contributed by atoms with Gasteiger partial charge in [0.1, 0.15) is 0 Å². The summed E-state index contributed by atoms with van der Waals surface area (Å²) in [4.78, 5) is 4.58. The molecular formula is C15H16ClNO. The van der Waals surface area contributed by atoms with E-state index in [2.05, 4.69) is 17.1 Å². The minimum Gasteiger partial charge on any atom is -0.381 e. The van der Waals surface area contributed by atoms with Gasteiger partial charge in [0, 0.05) is 29.3 Å². The van der Waals surface area contributed by atoms with Crippen LogP contribution in [0.2, 0.25) is 5.02 Å². The van der Waals surface area contributed by atoms with E-state index in [1.165, 1.54) is 10.9 Å². The van der Waals surface area contributed by atoms with E-state index in [0.717, 1.165) is 42.3 Å². The van der Waals surface area contributed by atoms with Crippen molar-refractivity contribution in [3.63, 3.8) is 0 Å². The van der Waals surface area contributed by atoms with Crippen LogP contribution in [0.3, 0.4) is 0 Å². The molecule has 0 saturated carbocycles. The van der Waals surface area contributed by atoms with Crippen LogP contribution < -0.4 is 0 Å². The van der Waals surface area contributed by atoms with Crippen molar-refractivity contribution in [2.75, 3.05) is 13.2 Å². The van der Waals surface area contributed by atoms with Gasteiger partial charge in [-0.15, -0.1) is 0 Å². The molecule has 1 aromatic heterocycles. The molecule has 0 atom stereocenters. The molecular weight excluding hydrogens is 246 g/mol. The normalized spacial score (nSPS) is 17.2. The van der Waals surface area contributed by atoms with Crippen LogP contribution in [0.4, 0.5) is 0 Å². The number of aromatic nitrogens is 1. The number of hydrogen-bond donors (Lipinski definition) is 0. The van der Waals surface area contributed by atoms with E-state index in [4.69, 9.17) is 16.3 Å². The molecule has 0 N–H and O–H groups in total. The Balaban J connectivity index is 2.14. The fourth-order valence-electron chi connectivity index (χ4n) is 2.71. The first-order chi connectivity index (χ1) is 8.74. The Morgan fingerprint density at radius 3 is 2.78 bits per heavy atom. The second-order valence-corrected chi connectivity index (χ2v) is 5.34. The number of nitrogens with zero attached hydrogens (tertiary/aromatic N) is 1. The molecule has 0 spiro atoms. The highest BCUT2D eigenvalue weighted by Gasteiger charge is 2.18. The molecule has 0 bridgehead atoms. The predicted molar refractivity (Wildman–Crippen MR) is 74.3 cm³/mol. The molecule has 1 fully saturated rings. The molecule has 0 radical (unpaired) electrons. The van der Waals surface area contributed by atoms with Gasteiger partial charge in [-0.3, -0.25) is 4.98 Å². The molecule has 0 unspecified atom stereocenters. The highest BCUT2D eigenvalue weighted by atomic mass is 35.5. The smallest absolute Gasteiger partial charge is 0.0722 e. The van der Waals surface area contributed by atoms with Crippen molar-refractivity contribution in [2.24, 2.45) is 0 Å². The Kier molecular flexibility index (Phi) is 3.23. The maximum Gasteiger partial charge on any atom is 0.0722 e. The lowest BCUT2D eigenvalue weighted by Crippen LogP contribution is -2.14. The standard InChI is InChI=1S/C15H16ClNO/c1-10-8-14(11-4-6-18-7-5-11)13-3-2-12(16)9-15(13)17-10/h2-3,8-9,11H,4-7H2,1H3. The van der Waals surface area contributed by atoms with Crippen molar-refractivity contribution in [3.8, 4) is 0 Å². The van der Waals surface area contributed by atoms with Gasteiger partial charge < -0.3 is 4.74 Å². The molecule has 2 nitrogen and oxygen atoms in total. The second kappa shape index (κ2) is 4.87. The number of rotatable bonds is 1. The zero-order valence-corrected chi connectivity index (χ0v) is 11.2. The summed E-state index contributed by atoms with van der Waals surface area (Å²) in [6.45, 7) is 3.77. The summed E-state index contributed by atoms with van der Waals surface area (Å²) in [6, 6.07) is 8.21. The van der Waals surface area contributed by atoms with Crippen LogP contribution in [-0.2, 0) is 4.74 Å². The van der Waals surface area contributed by atoms with Crippen molar-refractivity contribution < 1.29 is 4.74 Å². The van der Waals surface area contributed by atoms with Gasteiger partial charge in [0.2, 0.25) is 0 Å². The lowest BCUT2D eigenvalue weighted by Gasteiger charge is -2.24. The highest BCUT2D eigenvalue weighted by molar-refractivity contribution is 6.31. The van der Waals surface area contributed by atoms with Crippen LogP contribution in [0.1, 0.15) is 30.0 Å². The van der Waals surface area contributed by atoms with Gasteiger partial charge in [-0.05, 0) is 49.4 Å². The van der Waals surface area contributed by atoms with Crippen molar-refractivity contribution >= 4 is 22.5 Å². The summed E-state index contributed by atoms with van der Waals surface area (Å²) in [5, 5.41) is 1.98. The fourth-order valence-corrected chi connectivity index (χ4v) is 2.88. The lowest BCUT2D eigenvalue weighted by atomic mass is 9.89. The first kappa shape index (κ1) is 11.9. The Bertz CT molecular complexity index is 571. The summed E-state index contributed by atoms with van der Waals surface area (Å²) in [7, 11) is 0. The molecule has 1 saturated heterocycles. The van der Waals surface area contributed by atoms with Crippen molar-refractivity contribution in [1.29, 1.82) is 0 Å². The van der Waals surface area contributed by atoms with Gasteiger partial charge in [0.15, 0.2) is 0 Å². The van der Waals surface area contributed by atoms with E-state index in [1.807, 2.05) is 19.1 Å². The summed E-state index contributed by atoms with van der Waals surface area (Å²) in [6.07, 6.45) is 2.20. The van der Waals surface area contributed by atoms with Crippen LogP contribution in [0.5, 0.6) is 0 Å². The van der Waals surface area contributed by atoms with Gasteiger partial charge in [-0.1, -0.05) is 17.7 Å². The molecule has 0 aliphatic carbocycles. The van der Waals surface area contributed by atoms with E-state index in [9.17, 15) is 0 Å². The molecule has 2 aromatic rings. The van der Waals surface area contributed by atoms with Gasteiger partial charge in [0.25, 0.3) is 0 Å². The quantitative estimate of drug-likeness (QED) is 0.771. The first-order valence-electron chi connectivity index (χ1n) is 6.38. The number of halogens is 1. The Hall–Kier alpha value is -1.12. The number of benzene rings is 1. The monoisotopic (exact) mass is 261 g/mol. The second-order valence-electron chi connectivity index (χ2n) is 4.90. The zero-order valence-electron chi connectivity index (χ0n) is 10.4. The molecule has 94 valence electrons. The Morgan fingerprint density at radius 1 is 1.22 bits per heavy atom. The van der Waals surface area contributed by atoms with Crippen molar-refractivity contribution in [2.45, 2.75) is 25.7 Å². The summed E-state index contributed by atoms with van der Waals surface area (Å²) in [5.74, 6) is 0.587. The van der Waals surface area contributed by atoms with Gasteiger partial charge >= 0.3 is 0 Å². The lowest BCUT2D eigenvalue weighted by molar-refractivity contribution is 0.0856. The fraction of sp³-hybridized carbons (Fsp3) is 0.400. The average Bonchev–Trinajstić information content (AvgIpc) is 2.38. The highest BCUT2D eigenvalue weighted by Crippen LogP contribution is 2.33. The van der Waals surface area contributed by atoms with E-state index in [0.29, 0.717) is 5.92 Å². The third kappa shape index (κ3) is 2.23. The third-order valence-electron chi connectivity index (χ3n) is 3.59. The Labute approximate surface area is 112 Å². The number of hydrogen-bond acceptors (Lipinski definition) is 2. The van der Waals surface area contributed by atoms with Crippen LogP contribution in [-0.4, -0.2) is 18.2 Å². The van der Waals surface area contributed by atoms with Crippen LogP contribution in [0, 0.1) is 6.92 Å². The van der Waals surface area contributed by atoms with Gasteiger partial charge in [-0.2, -0.15) is 0 Å². The molecule has 3 rings (SSSR count). The predicted octanol–water partition coefficient (Wildman–Crippen LogP) is 4.09. The van der Waals surface area contributed by atoms with E-state index < -0.39 is 0 Å². The average molecular weight is 262 g/mol. The molecule has 3 heteroatoms. The first-order valence-corrected chi connectivity index (χ1v) is 6.76. The van der Waals surface area contributed by atoms with Gasteiger partial charge in [-0.25, -0.2) is 0 Å². The Morgan fingerprint density at radius 2 is 2.00 bits per heavy atom. The largest absolute Gasteiger partial charge is 0.381 e.